The average Bonchev–Trinajstić information content (AvgIpc) is 2.61. The molecule has 2 aromatic rings. The van der Waals surface area contributed by atoms with Gasteiger partial charge >= 0.3 is 0 Å². The van der Waals surface area contributed by atoms with E-state index < -0.39 is 0 Å². The normalized spacial score (nSPS) is 10.6. The van der Waals surface area contributed by atoms with Gasteiger partial charge in [-0.2, -0.15) is 5.10 Å². The highest BCUT2D eigenvalue weighted by Gasteiger charge is 2.05. The number of aryl methyl sites for hydroxylation is 2. The van der Waals surface area contributed by atoms with Crippen molar-refractivity contribution in [1.82, 2.24) is 9.78 Å². The standard InChI is InChI=1S/C12H13BrN2/c1-9-3-5-10(6-4-9)12-7-11(8-13)15(2)14-12/h3-7H,8H2,1-2H3. The Morgan fingerprint density at radius 3 is 2.47 bits per heavy atom. The van der Waals surface area contributed by atoms with Crippen molar-refractivity contribution in [3.63, 3.8) is 0 Å². The molecule has 2 nitrogen and oxygen atoms in total. The molecular formula is C12H13BrN2. The number of aromatic nitrogens is 2. The van der Waals surface area contributed by atoms with Crippen molar-refractivity contribution in [1.29, 1.82) is 0 Å². The van der Waals surface area contributed by atoms with Crippen molar-refractivity contribution in [3.8, 4) is 11.3 Å². The molecule has 0 unspecified atom stereocenters. The van der Waals surface area contributed by atoms with Gasteiger partial charge in [0.25, 0.3) is 0 Å². The second-order valence-electron chi connectivity index (χ2n) is 3.64. The molecule has 0 aliphatic rings. The van der Waals surface area contributed by atoms with Gasteiger partial charge < -0.3 is 0 Å². The van der Waals surface area contributed by atoms with Crippen LogP contribution in [0.5, 0.6) is 0 Å². The largest absolute Gasteiger partial charge is 0.271 e. The lowest BCUT2D eigenvalue weighted by atomic mass is 10.1. The second-order valence-corrected chi connectivity index (χ2v) is 4.20. The Labute approximate surface area is 98.1 Å². The van der Waals surface area contributed by atoms with Crippen LogP contribution >= 0.6 is 15.9 Å². The predicted molar refractivity (Wildman–Crippen MR) is 66.0 cm³/mol. The van der Waals surface area contributed by atoms with Crippen LogP contribution in [-0.4, -0.2) is 9.78 Å². The molecule has 78 valence electrons. The molecule has 0 saturated heterocycles. The highest BCUT2D eigenvalue weighted by molar-refractivity contribution is 9.08. The highest BCUT2D eigenvalue weighted by Crippen LogP contribution is 2.20. The SMILES string of the molecule is Cc1ccc(-c2cc(CBr)n(C)n2)cc1. The molecule has 0 N–H and O–H groups in total. The Bertz CT molecular complexity index is 457. The minimum absolute atomic E-state index is 0.836. The summed E-state index contributed by atoms with van der Waals surface area (Å²) in [5.74, 6) is 0. The lowest BCUT2D eigenvalue weighted by Crippen LogP contribution is -1.94. The molecule has 0 bridgehead atoms. The van der Waals surface area contributed by atoms with Crippen LogP contribution in [0.2, 0.25) is 0 Å². The molecule has 0 spiro atoms. The number of halogens is 1. The van der Waals surface area contributed by atoms with Crippen LogP contribution in [0, 0.1) is 6.92 Å². The fourth-order valence-electron chi connectivity index (χ4n) is 1.50. The number of nitrogens with zero attached hydrogens (tertiary/aromatic N) is 2. The van der Waals surface area contributed by atoms with Crippen molar-refractivity contribution in [2.24, 2.45) is 7.05 Å². The van der Waals surface area contributed by atoms with Gasteiger partial charge in [0, 0.05) is 23.6 Å². The van der Waals surface area contributed by atoms with E-state index >= 15 is 0 Å². The van der Waals surface area contributed by atoms with Crippen molar-refractivity contribution in [3.05, 3.63) is 41.6 Å². The Kier molecular flexibility index (Phi) is 2.91. The van der Waals surface area contributed by atoms with Gasteiger partial charge in [0.2, 0.25) is 0 Å². The summed E-state index contributed by atoms with van der Waals surface area (Å²) in [6.45, 7) is 2.09. The monoisotopic (exact) mass is 264 g/mol. The number of benzene rings is 1. The van der Waals surface area contributed by atoms with Crippen LogP contribution in [0.1, 0.15) is 11.3 Å². The Hall–Kier alpha value is -1.09. The van der Waals surface area contributed by atoms with Gasteiger partial charge in [-0.15, -0.1) is 0 Å². The van der Waals surface area contributed by atoms with E-state index in [-0.39, 0.29) is 0 Å². The Morgan fingerprint density at radius 1 is 1.27 bits per heavy atom. The number of alkyl halides is 1. The summed E-state index contributed by atoms with van der Waals surface area (Å²) >= 11 is 3.44. The quantitative estimate of drug-likeness (QED) is 0.762. The molecule has 0 saturated carbocycles. The van der Waals surface area contributed by atoms with Gasteiger partial charge in [-0.05, 0) is 13.0 Å². The highest BCUT2D eigenvalue weighted by atomic mass is 79.9. The molecule has 1 heterocycles. The first kappa shape index (κ1) is 10.4. The minimum atomic E-state index is 0.836. The van der Waals surface area contributed by atoms with Gasteiger partial charge in [0.15, 0.2) is 0 Å². The summed E-state index contributed by atoms with van der Waals surface area (Å²) in [7, 11) is 1.97. The van der Waals surface area contributed by atoms with Crippen molar-refractivity contribution in [2.45, 2.75) is 12.3 Å². The van der Waals surface area contributed by atoms with E-state index in [0.29, 0.717) is 0 Å². The van der Waals surface area contributed by atoms with Crippen molar-refractivity contribution < 1.29 is 0 Å². The molecule has 0 amide bonds. The first-order valence-electron chi connectivity index (χ1n) is 4.86. The van der Waals surface area contributed by atoms with Crippen LogP contribution in [-0.2, 0) is 12.4 Å². The van der Waals surface area contributed by atoms with Crippen LogP contribution in [0.25, 0.3) is 11.3 Å². The van der Waals surface area contributed by atoms with Gasteiger partial charge in [0.1, 0.15) is 0 Å². The van der Waals surface area contributed by atoms with E-state index in [1.807, 2.05) is 11.7 Å². The van der Waals surface area contributed by atoms with Crippen LogP contribution in [0.15, 0.2) is 30.3 Å². The fourth-order valence-corrected chi connectivity index (χ4v) is 2.02. The molecule has 15 heavy (non-hydrogen) atoms. The van der Waals surface area contributed by atoms with E-state index in [1.165, 1.54) is 16.8 Å². The first-order valence-corrected chi connectivity index (χ1v) is 5.99. The minimum Gasteiger partial charge on any atom is -0.271 e. The summed E-state index contributed by atoms with van der Waals surface area (Å²) in [5.41, 5.74) is 4.66. The van der Waals surface area contributed by atoms with E-state index in [2.05, 4.69) is 58.3 Å². The lowest BCUT2D eigenvalue weighted by molar-refractivity contribution is 0.740. The average molecular weight is 265 g/mol. The van der Waals surface area contributed by atoms with E-state index in [1.54, 1.807) is 0 Å². The summed E-state index contributed by atoms with van der Waals surface area (Å²) < 4.78 is 1.91. The van der Waals surface area contributed by atoms with Crippen LogP contribution in [0.4, 0.5) is 0 Å². The third-order valence-electron chi connectivity index (χ3n) is 2.46. The molecule has 0 atom stereocenters. The summed E-state index contributed by atoms with van der Waals surface area (Å²) in [4.78, 5) is 0. The van der Waals surface area contributed by atoms with Crippen LogP contribution < -0.4 is 0 Å². The lowest BCUT2D eigenvalue weighted by Gasteiger charge is -1.96. The molecular weight excluding hydrogens is 252 g/mol. The third kappa shape index (κ3) is 2.12. The molecule has 1 aromatic carbocycles. The maximum Gasteiger partial charge on any atom is 0.0926 e. The van der Waals surface area contributed by atoms with Crippen LogP contribution in [0.3, 0.4) is 0 Å². The number of hydrogen-bond acceptors (Lipinski definition) is 1. The molecule has 0 radical (unpaired) electrons. The van der Waals surface area contributed by atoms with Gasteiger partial charge in [-0.3, -0.25) is 4.68 Å². The zero-order valence-corrected chi connectivity index (χ0v) is 10.5. The fraction of sp³-hybridized carbons (Fsp3) is 0.250. The van der Waals surface area contributed by atoms with Crippen molar-refractivity contribution >= 4 is 15.9 Å². The van der Waals surface area contributed by atoms with Gasteiger partial charge in [0.05, 0.1) is 5.69 Å². The van der Waals surface area contributed by atoms with E-state index in [4.69, 9.17) is 0 Å². The summed E-state index contributed by atoms with van der Waals surface area (Å²) in [6.07, 6.45) is 0. The zero-order valence-electron chi connectivity index (χ0n) is 8.87. The zero-order chi connectivity index (χ0) is 10.8. The Morgan fingerprint density at radius 2 is 1.93 bits per heavy atom. The van der Waals surface area contributed by atoms with Crippen molar-refractivity contribution in [2.75, 3.05) is 0 Å². The van der Waals surface area contributed by atoms with Gasteiger partial charge in [-0.1, -0.05) is 45.8 Å². The summed E-state index contributed by atoms with van der Waals surface area (Å²) in [5, 5.41) is 5.30. The Balaban J connectivity index is 2.41. The second kappa shape index (κ2) is 4.19. The molecule has 0 aliphatic heterocycles. The topological polar surface area (TPSA) is 17.8 Å². The number of rotatable bonds is 2. The van der Waals surface area contributed by atoms with E-state index in [9.17, 15) is 0 Å². The molecule has 2 rings (SSSR count). The predicted octanol–water partition coefficient (Wildman–Crippen LogP) is 3.29. The third-order valence-corrected chi connectivity index (χ3v) is 3.04. The number of hydrogen-bond donors (Lipinski definition) is 0. The van der Waals surface area contributed by atoms with E-state index in [0.717, 1.165) is 11.0 Å². The molecule has 0 aliphatic carbocycles. The smallest absolute Gasteiger partial charge is 0.0926 e. The maximum absolute atomic E-state index is 4.47. The maximum atomic E-state index is 4.47. The molecule has 3 heteroatoms. The first-order chi connectivity index (χ1) is 7.20. The molecule has 1 aromatic heterocycles. The molecule has 0 fully saturated rings. The summed E-state index contributed by atoms with van der Waals surface area (Å²) in [6, 6.07) is 10.5. The van der Waals surface area contributed by atoms with Gasteiger partial charge in [-0.25, -0.2) is 0 Å².